The van der Waals surface area contributed by atoms with E-state index in [0.717, 1.165) is 37.4 Å². The molecule has 1 fully saturated rings. The topological polar surface area (TPSA) is 42.4 Å². The summed E-state index contributed by atoms with van der Waals surface area (Å²) in [6, 6.07) is 7.43. The molecule has 4 heteroatoms. The molecule has 0 saturated carbocycles. The molecule has 0 bridgehead atoms. The van der Waals surface area contributed by atoms with Crippen molar-refractivity contribution in [1.29, 1.82) is 5.41 Å². The highest BCUT2D eigenvalue weighted by Gasteiger charge is 2.29. The minimum absolute atomic E-state index is 0.420. The molecule has 1 aromatic rings. The SMILES string of the molecule is CCN1CCN(C(C)C)C(c2ccc(NC)c(C=N)c2)C1. The van der Waals surface area contributed by atoms with Crippen LogP contribution in [0.5, 0.6) is 0 Å². The van der Waals surface area contributed by atoms with Gasteiger partial charge in [-0.25, -0.2) is 0 Å². The van der Waals surface area contributed by atoms with Crippen LogP contribution in [0.1, 0.15) is 37.9 Å². The minimum Gasteiger partial charge on any atom is -0.388 e. The van der Waals surface area contributed by atoms with Crippen LogP contribution in [0.15, 0.2) is 18.2 Å². The fourth-order valence-corrected chi connectivity index (χ4v) is 3.19. The predicted octanol–water partition coefficient (Wildman–Crippen LogP) is 2.81. The van der Waals surface area contributed by atoms with E-state index in [-0.39, 0.29) is 0 Å². The lowest BCUT2D eigenvalue weighted by molar-refractivity contribution is 0.0535. The minimum atomic E-state index is 0.420. The summed E-state index contributed by atoms with van der Waals surface area (Å²) < 4.78 is 0. The van der Waals surface area contributed by atoms with Gasteiger partial charge in [0.1, 0.15) is 0 Å². The number of nitrogens with zero attached hydrogens (tertiary/aromatic N) is 2. The summed E-state index contributed by atoms with van der Waals surface area (Å²) in [6.45, 7) is 11.2. The fourth-order valence-electron chi connectivity index (χ4n) is 3.19. The molecule has 2 rings (SSSR count). The molecule has 1 heterocycles. The number of rotatable bonds is 5. The molecular weight excluding hydrogens is 260 g/mol. The molecule has 2 N–H and O–H groups in total. The van der Waals surface area contributed by atoms with Gasteiger partial charge in [0, 0.05) is 56.2 Å². The van der Waals surface area contributed by atoms with Gasteiger partial charge in [-0.05, 0) is 38.1 Å². The maximum Gasteiger partial charge on any atom is 0.0478 e. The van der Waals surface area contributed by atoms with Gasteiger partial charge in [0.15, 0.2) is 0 Å². The van der Waals surface area contributed by atoms with Crippen molar-refractivity contribution in [1.82, 2.24) is 9.80 Å². The Morgan fingerprint density at radius 2 is 2.14 bits per heavy atom. The maximum absolute atomic E-state index is 7.62. The first-order valence-corrected chi connectivity index (χ1v) is 7.91. The van der Waals surface area contributed by atoms with Crippen molar-refractivity contribution in [2.75, 3.05) is 38.5 Å². The quantitative estimate of drug-likeness (QED) is 0.819. The molecule has 1 atom stereocenters. The second kappa shape index (κ2) is 7.05. The lowest BCUT2D eigenvalue weighted by Gasteiger charge is -2.43. The number of anilines is 1. The highest BCUT2D eigenvalue weighted by Crippen LogP contribution is 2.29. The molecular formula is C17H28N4. The standard InChI is InChI=1S/C17H28N4/c1-5-20-8-9-21(13(2)3)17(12-20)14-6-7-16(19-4)15(10-14)11-18/h6-7,10-11,13,17-19H,5,8-9,12H2,1-4H3. The molecule has 0 amide bonds. The van der Waals surface area contributed by atoms with Crippen LogP contribution in [-0.4, -0.2) is 55.3 Å². The van der Waals surface area contributed by atoms with Crippen LogP contribution in [0.25, 0.3) is 0 Å². The third kappa shape index (κ3) is 3.44. The van der Waals surface area contributed by atoms with Crippen molar-refractivity contribution < 1.29 is 0 Å². The zero-order chi connectivity index (χ0) is 15.4. The van der Waals surface area contributed by atoms with Crippen molar-refractivity contribution in [3.05, 3.63) is 29.3 Å². The number of hydrogen-bond acceptors (Lipinski definition) is 4. The summed E-state index contributed by atoms with van der Waals surface area (Å²) in [4.78, 5) is 5.09. The van der Waals surface area contributed by atoms with E-state index in [4.69, 9.17) is 5.41 Å². The van der Waals surface area contributed by atoms with Crippen LogP contribution in [0, 0.1) is 5.41 Å². The summed E-state index contributed by atoms with van der Waals surface area (Å²) in [5.74, 6) is 0. The van der Waals surface area contributed by atoms with E-state index in [1.807, 2.05) is 7.05 Å². The van der Waals surface area contributed by atoms with Gasteiger partial charge in [0.25, 0.3) is 0 Å². The van der Waals surface area contributed by atoms with E-state index >= 15 is 0 Å². The largest absolute Gasteiger partial charge is 0.388 e. The van der Waals surface area contributed by atoms with Gasteiger partial charge in [0.2, 0.25) is 0 Å². The lowest BCUT2D eigenvalue weighted by atomic mass is 9.98. The van der Waals surface area contributed by atoms with Crippen LogP contribution < -0.4 is 5.32 Å². The van der Waals surface area contributed by atoms with Gasteiger partial charge in [-0.1, -0.05) is 13.0 Å². The zero-order valence-electron chi connectivity index (χ0n) is 13.7. The summed E-state index contributed by atoms with van der Waals surface area (Å²) in [7, 11) is 1.90. The lowest BCUT2D eigenvalue weighted by Crippen LogP contribution is -2.50. The number of likely N-dealkylation sites (N-methyl/N-ethyl adjacent to an activating group) is 1. The molecule has 1 saturated heterocycles. The summed E-state index contributed by atoms with van der Waals surface area (Å²) in [6.07, 6.45) is 1.44. The first-order valence-electron chi connectivity index (χ1n) is 7.91. The fraction of sp³-hybridized carbons (Fsp3) is 0.588. The van der Waals surface area contributed by atoms with Gasteiger partial charge in [0.05, 0.1) is 0 Å². The molecule has 0 radical (unpaired) electrons. The average Bonchev–Trinajstić information content (AvgIpc) is 2.53. The monoisotopic (exact) mass is 288 g/mol. The Morgan fingerprint density at radius 3 is 2.71 bits per heavy atom. The van der Waals surface area contributed by atoms with Gasteiger partial charge >= 0.3 is 0 Å². The second-order valence-corrected chi connectivity index (χ2v) is 5.98. The summed E-state index contributed by atoms with van der Waals surface area (Å²) >= 11 is 0. The van der Waals surface area contributed by atoms with Crippen LogP contribution in [0.2, 0.25) is 0 Å². The maximum atomic E-state index is 7.62. The molecule has 1 aliphatic rings. The van der Waals surface area contributed by atoms with E-state index in [0.29, 0.717) is 12.1 Å². The molecule has 1 unspecified atom stereocenters. The third-order valence-corrected chi connectivity index (χ3v) is 4.50. The highest BCUT2D eigenvalue weighted by molar-refractivity contribution is 5.86. The molecule has 0 spiro atoms. The van der Waals surface area contributed by atoms with E-state index in [1.54, 1.807) is 0 Å². The Morgan fingerprint density at radius 1 is 1.38 bits per heavy atom. The smallest absolute Gasteiger partial charge is 0.0478 e. The van der Waals surface area contributed by atoms with Crippen molar-refractivity contribution in [3.8, 4) is 0 Å². The average molecular weight is 288 g/mol. The second-order valence-electron chi connectivity index (χ2n) is 5.98. The van der Waals surface area contributed by atoms with Gasteiger partial charge in [-0.15, -0.1) is 0 Å². The molecule has 1 aliphatic heterocycles. The van der Waals surface area contributed by atoms with Gasteiger partial charge < -0.3 is 15.6 Å². The van der Waals surface area contributed by atoms with Crippen LogP contribution in [0.3, 0.4) is 0 Å². The zero-order valence-corrected chi connectivity index (χ0v) is 13.7. The van der Waals surface area contributed by atoms with E-state index in [9.17, 15) is 0 Å². The molecule has 4 nitrogen and oxygen atoms in total. The van der Waals surface area contributed by atoms with Gasteiger partial charge in [-0.3, -0.25) is 4.90 Å². The number of benzene rings is 1. The molecule has 0 aliphatic carbocycles. The highest BCUT2D eigenvalue weighted by atomic mass is 15.3. The number of hydrogen-bond donors (Lipinski definition) is 2. The Labute approximate surface area is 128 Å². The Balaban J connectivity index is 2.33. The van der Waals surface area contributed by atoms with E-state index < -0.39 is 0 Å². The van der Waals surface area contributed by atoms with Crippen molar-refractivity contribution in [2.45, 2.75) is 32.9 Å². The Bertz CT molecular complexity index is 484. The molecule has 21 heavy (non-hydrogen) atoms. The van der Waals surface area contributed by atoms with Crippen molar-refractivity contribution in [2.24, 2.45) is 0 Å². The Kier molecular flexibility index (Phi) is 5.37. The Hall–Kier alpha value is -1.39. The third-order valence-electron chi connectivity index (χ3n) is 4.50. The predicted molar refractivity (Wildman–Crippen MR) is 90.6 cm³/mol. The molecule has 1 aromatic carbocycles. The van der Waals surface area contributed by atoms with Crippen molar-refractivity contribution >= 4 is 11.9 Å². The van der Waals surface area contributed by atoms with Crippen molar-refractivity contribution in [3.63, 3.8) is 0 Å². The van der Waals surface area contributed by atoms with Crippen LogP contribution >= 0.6 is 0 Å². The number of nitrogens with one attached hydrogen (secondary N) is 2. The first kappa shape index (κ1) is 16.0. The molecule has 0 aromatic heterocycles. The van der Waals surface area contributed by atoms with Gasteiger partial charge in [-0.2, -0.15) is 0 Å². The van der Waals surface area contributed by atoms with Crippen LogP contribution in [-0.2, 0) is 0 Å². The normalized spacial score (nSPS) is 20.7. The van der Waals surface area contributed by atoms with E-state index in [1.165, 1.54) is 11.8 Å². The van der Waals surface area contributed by atoms with E-state index in [2.05, 4.69) is 54.1 Å². The molecule has 116 valence electrons. The summed E-state index contributed by atoms with van der Waals surface area (Å²) in [5, 5.41) is 10.8. The summed E-state index contributed by atoms with van der Waals surface area (Å²) in [5.41, 5.74) is 3.31. The first-order chi connectivity index (χ1) is 10.1. The number of piperazine rings is 1. The van der Waals surface area contributed by atoms with Crippen LogP contribution in [0.4, 0.5) is 5.69 Å².